The van der Waals surface area contributed by atoms with E-state index in [1.807, 2.05) is 18.2 Å². The lowest BCUT2D eigenvalue weighted by Crippen LogP contribution is -2.38. The predicted molar refractivity (Wildman–Crippen MR) is 82.1 cm³/mol. The molecule has 2 aromatic rings. The molecule has 2 aromatic carbocycles. The van der Waals surface area contributed by atoms with Crippen LogP contribution in [0.2, 0.25) is 0 Å². The summed E-state index contributed by atoms with van der Waals surface area (Å²) < 4.78 is 0. The maximum absolute atomic E-state index is 10.9. The van der Waals surface area contributed by atoms with Gasteiger partial charge in [-0.25, -0.2) is 4.79 Å². The lowest BCUT2D eigenvalue weighted by atomic mass is 9.89. The number of carbonyl (C=O) groups is 1. The van der Waals surface area contributed by atoms with Crippen LogP contribution in [0, 0.1) is 5.41 Å². The average molecular weight is 290 g/mol. The zero-order chi connectivity index (χ0) is 14.8. The topological polar surface area (TPSA) is 57.5 Å². The Hall–Kier alpha value is -1.52. The lowest BCUT2D eigenvalue weighted by Gasteiger charge is -2.27. The second-order valence-corrected chi connectivity index (χ2v) is 6.58. The minimum atomic E-state index is -1.35. The molecule has 0 radical (unpaired) electrons. The average Bonchev–Trinajstić information content (AvgIpc) is 2.44. The molecule has 1 unspecified atom stereocenters. The first-order valence-corrected chi connectivity index (χ1v) is 7.41. The number of aliphatic hydroxyl groups is 1. The van der Waals surface area contributed by atoms with Crippen molar-refractivity contribution in [2.45, 2.75) is 24.8 Å². The molecule has 0 spiro atoms. The number of fused-ring (bicyclic) bond motifs is 1. The second-order valence-electron chi connectivity index (χ2n) is 5.53. The third-order valence-corrected chi connectivity index (χ3v) is 4.78. The molecule has 0 amide bonds. The summed E-state index contributed by atoms with van der Waals surface area (Å²) in [7, 11) is 0. The number of carboxylic acids is 1. The molecule has 0 aliphatic rings. The minimum Gasteiger partial charge on any atom is -0.479 e. The summed E-state index contributed by atoms with van der Waals surface area (Å²) >= 11 is 1.56. The normalized spacial score (nSPS) is 13.3. The van der Waals surface area contributed by atoms with Crippen molar-refractivity contribution in [2.24, 2.45) is 5.41 Å². The Balaban J connectivity index is 2.11. The Morgan fingerprint density at radius 3 is 2.50 bits per heavy atom. The van der Waals surface area contributed by atoms with Crippen molar-refractivity contribution in [2.75, 3.05) is 5.75 Å². The van der Waals surface area contributed by atoms with Crippen LogP contribution >= 0.6 is 11.8 Å². The Morgan fingerprint density at radius 2 is 1.85 bits per heavy atom. The largest absolute Gasteiger partial charge is 0.479 e. The van der Waals surface area contributed by atoms with Gasteiger partial charge in [-0.3, -0.25) is 0 Å². The van der Waals surface area contributed by atoms with Gasteiger partial charge in [0.2, 0.25) is 0 Å². The van der Waals surface area contributed by atoms with Crippen molar-refractivity contribution in [3.63, 3.8) is 0 Å². The van der Waals surface area contributed by atoms with E-state index in [0.717, 1.165) is 10.3 Å². The first kappa shape index (κ1) is 14.9. The molecule has 3 nitrogen and oxygen atoms in total. The van der Waals surface area contributed by atoms with Crippen LogP contribution in [0.3, 0.4) is 0 Å². The van der Waals surface area contributed by atoms with E-state index in [4.69, 9.17) is 5.11 Å². The predicted octanol–water partition coefficient (Wildman–Crippen LogP) is 3.40. The van der Waals surface area contributed by atoms with Gasteiger partial charge >= 0.3 is 5.97 Å². The molecule has 2 N–H and O–H groups in total. The summed E-state index contributed by atoms with van der Waals surface area (Å²) in [5.74, 6) is -0.632. The summed E-state index contributed by atoms with van der Waals surface area (Å²) in [6, 6.07) is 14.3. The number of carboxylic acid groups (broad SMARTS) is 1. The zero-order valence-electron chi connectivity index (χ0n) is 11.5. The number of aliphatic carboxylic acids is 1. The quantitative estimate of drug-likeness (QED) is 0.829. The molecular formula is C16H18O3S. The first-order valence-electron chi connectivity index (χ1n) is 6.43. The molecule has 0 bridgehead atoms. The minimum absolute atomic E-state index is 0.540. The van der Waals surface area contributed by atoms with Gasteiger partial charge in [-0.15, -0.1) is 11.8 Å². The standard InChI is InChI=1S/C16H18O3S/c1-16(2,14(17)15(18)19)10-20-13-8-7-11-5-3-4-6-12(11)9-13/h3-9,14,17H,10H2,1-2H3,(H,18,19). The molecule has 0 aromatic heterocycles. The molecule has 0 fully saturated rings. The number of aliphatic hydroxyl groups excluding tert-OH is 1. The Kier molecular flexibility index (Phi) is 4.35. The van der Waals surface area contributed by atoms with E-state index >= 15 is 0 Å². The van der Waals surface area contributed by atoms with Crippen molar-refractivity contribution in [1.29, 1.82) is 0 Å². The van der Waals surface area contributed by atoms with E-state index in [0.29, 0.717) is 5.75 Å². The van der Waals surface area contributed by atoms with E-state index in [1.165, 1.54) is 5.39 Å². The van der Waals surface area contributed by atoms with Gasteiger partial charge in [-0.2, -0.15) is 0 Å². The molecule has 106 valence electrons. The van der Waals surface area contributed by atoms with Gasteiger partial charge < -0.3 is 10.2 Å². The van der Waals surface area contributed by atoms with Gasteiger partial charge in [0, 0.05) is 16.1 Å². The molecular weight excluding hydrogens is 272 g/mol. The fourth-order valence-corrected chi connectivity index (χ4v) is 3.01. The molecule has 20 heavy (non-hydrogen) atoms. The third-order valence-electron chi connectivity index (χ3n) is 3.31. The van der Waals surface area contributed by atoms with Crippen LogP contribution in [0.5, 0.6) is 0 Å². The third kappa shape index (κ3) is 3.32. The number of hydrogen-bond acceptors (Lipinski definition) is 3. The van der Waals surface area contributed by atoms with Gasteiger partial charge in [0.25, 0.3) is 0 Å². The number of benzene rings is 2. The van der Waals surface area contributed by atoms with Crippen LogP contribution in [-0.2, 0) is 4.79 Å². The van der Waals surface area contributed by atoms with Crippen LogP contribution in [0.1, 0.15) is 13.8 Å². The van der Waals surface area contributed by atoms with Crippen molar-refractivity contribution >= 4 is 28.5 Å². The summed E-state index contributed by atoms with van der Waals surface area (Å²) in [5, 5.41) is 20.9. The lowest BCUT2D eigenvalue weighted by molar-refractivity contribution is -0.152. The van der Waals surface area contributed by atoms with Crippen molar-refractivity contribution < 1.29 is 15.0 Å². The monoisotopic (exact) mass is 290 g/mol. The molecule has 0 aliphatic heterocycles. The summed E-state index contributed by atoms with van der Waals surface area (Å²) in [5.41, 5.74) is -0.678. The van der Waals surface area contributed by atoms with Crippen LogP contribution in [0.15, 0.2) is 47.4 Å². The smallest absolute Gasteiger partial charge is 0.333 e. The molecule has 0 saturated carbocycles. The second kappa shape index (κ2) is 5.85. The highest BCUT2D eigenvalue weighted by Gasteiger charge is 2.33. The Bertz CT molecular complexity index is 622. The molecule has 0 heterocycles. The van der Waals surface area contributed by atoms with Crippen LogP contribution in [0.4, 0.5) is 0 Å². The van der Waals surface area contributed by atoms with Gasteiger partial charge in [0.15, 0.2) is 6.10 Å². The molecule has 2 rings (SSSR count). The van der Waals surface area contributed by atoms with Crippen molar-refractivity contribution in [3.8, 4) is 0 Å². The van der Waals surface area contributed by atoms with Gasteiger partial charge in [-0.05, 0) is 22.9 Å². The van der Waals surface area contributed by atoms with Crippen LogP contribution in [0.25, 0.3) is 10.8 Å². The SMILES string of the molecule is CC(C)(CSc1ccc2ccccc2c1)C(O)C(=O)O. The first-order chi connectivity index (χ1) is 9.40. The summed E-state index contributed by atoms with van der Waals surface area (Å²) in [4.78, 5) is 12.0. The van der Waals surface area contributed by atoms with E-state index in [-0.39, 0.29) is 0 Å². The van der Waals surface area contributed by atoms with Crippen molar-refractivity contribution in [1.82, 2.24) is 0 Å². The van der Waals surface area contributed by atoms with Crippen molar-refractivity contribution in [3.05, 3.63) is 42.5 Å². The van der Waals surface area contributed by atoms with Gasteiger partial charge in [0.1, 0.15) is 0 Å². The number of thioether (sulfide) groups is 1. The number of rotatable bonds is 5. The highest BCUT2D eigenvalue weighted by Crippen LogP contribution is 2.32. The molecule has 0 aliphatic carbocycles. The van der Waals surface area contributed by atoms with Gasteiger partial charge in [-0.1, -0.05) is 44.2 Å². The van der Waals surface area contributed by atoms with E-state index in [1.54, 1.807) is 25.6 Å². The highest BCUT2D eigenvalue weighted by molar-refractivity contribution is 7.99. The Morgan fingerprint density at radius 1 is 1.20 bits per heavy atom. The maximum atomic E-state index is 10.9. The van der Waals surface area contributed by atoms with Crippen LogP contribution < -0.4 is 0 Å². The van der Waals surface area contributed by atoms with E-state index in [9.17, 15) is 9.90 Å². The van der Waals surface area contributed by atoms with E-state index < -0.39 is 17.5 Å². The summed E-state index contributed by atoms with van der Waals surface area (Å²) in [6.45, 7) is 3.53. The number of hydrogen-bond donors (Lipinski definition) is 2. The van der Waals surface area contributed by atoms with Gasteiger partial charge in [0.05, 0.1) is 0 Å². The molecule has 0 saturated heterocycles. The highest BCUT2D eigenvalue weighted by atomic mass is 32.2. The summed E-state index contributed by atoms with van der Waals surface area (Å²) in [6.07, 6.45) is -1.35. The zero-order valence-corrected chi connectivity index (χ0v) is 12.4. The fraction of sp³-hybridized carbons (Fsp3) is 0.312. The molecule has 4 heteroatoms. The van der Waals surface area contributed by atoms with Crippen LogP contribution in [-0.4, -0.2) is 28.0 Å². The Labute approximate surface area is 122 Å². The van der Waals surface area contributed by atoms with E-state index in [2.05, 4.69) is 24.3 Å². The fourth-order valence-electron chi connectivity index (χ4n) is 1.94. The molecule has 1 atom stereocenters. The maximum Gasteiger partial charge on any atom is 0.333 e.